The molecule has 2 bridgehead atoms. The zero-order valence-electron chi connectivity index (χ0n) is 17.8. The van der Waals surface area contributed by atoms with Crippen LogP contribution in [0.3, 0.4) is 0 Å². The normalized spacial score (nSPS) is 35.9. The molecule has 1 unspecified atom stereocenters. The van der Waals surface area contributed by atoms with Gasteiger partial charge in [0.25, 0.3) is 0 Å². The lowest BCUT2D eigenvalue weighted by Crippen LogP contribution is -2.60. The third-order valence-electron chi connectivity index (χ3n) is 8.96. The quantitative estimate of drug-likeness (QED) is 0.770. The van der Waals surface area contributed by atoms with E-state index in [0.717, 1.165) is 24.8 Å². The molecule has 3 nitrogen and oxygen atoms in total. The van der Waals surface area contributed by atoms with E-state index >= 15 is 0 Å². The number of methoxy groups -OCH3 is 1. The van der Waals surface area contributed by atoms with Gasteiger partial charge < -0.3 is 14.7 Å². The lowest BCUT2D eigenvalue weighted by Gasteiger charge is -2.60. The monoisotopic (exact) mass is 383 g/mol. The fraction of sp³-hybridized carbons (Fsp3) is 0.760. The Hall–Kier alpha value is -1.22. The lowest BCUT2D eigenvalue weighted by molar-refractivity contribution is -0.0191. The first-order chi connectivity index (χ1) is 13.6. The van der Waals surface area contributed by atoms with Crippen LogP contribution in [0.4, 0.5) is 0 Å². The van der Waals surface area contributed by atoms with Gasteiger partial charge >= 0.3 is 0 Å². The topological polar surface area (TPSA) is 32.7 Å². The van der Waals surface area contributed by atoms with Crippen molar-refractivity contribution in [3.05, 3.63) is 23.3 Å². The maximum atomic E-state index is 11.2. The van der Waals surface area contributed by atoms with Crippen molar-refractivity contribution in [3.63, 3.8) is 0 Å². The Morgan fingerprint density at radius 2 is 1.93 bits per heavy atom. The number of aromatic hydroxyl groups is 1. The van der Waals surface area contributed by atoms with Crippen LogP contribution >= 0.6 is 0 Å². The molecule has 1 aromatic carbocycles. The predicted octanol–water partition coefficient (Wildman–Crippen LogP) is 5.29. The van der Waals surface area contributed by atoms with E-state index < -0.39 is 0 Å². The number of hydrogen-bond acceptors (Lipinski definition) is 3. The fourth-order valence-corrected chi connectivity index (χ4v) is 7.69. The number of nitrogens with zero attached hydrogens (tertiary/aromatic N) is 1. The maximum absolute atomic E-state index is 11.2. The molecule has 2 saturated carbocycles. The average molecular weight is 384 g/mol. The largest absolute Gasteiger partial charge is 0.504 e. The van der Waals surface area contributed by atoms with Gasteiger partial charge in [0.15, 0.2) is 11.5 Å². The molecule has 0 aromatic heterocycles. The van der Waals surface area contributed by atoms with Crippen LogP contribution in [-0.4, -0.2) is 36.8 Å². The second-order valence-corrected chi connectivity index (χ2v) is 10.3. The zero-order chi connectivity index (χ0) is 19.3. The number of hydrogen-bond donors (Lipinski definition) is 1. The third-order valence-corrected chi connectivity index (χ3v) is 8.96. The van der Waals surface area contributed by atoms with Crippen molar-refractivity contribution < 1.29 is 9.84 Å². The summed E-state index contributed by atoms with van der Waals surface area (Å²) in [4.78, 5) is 2.61. The maximum Gasteiger partial charge on any atom is 0.161 e. The molecular weight excluding hydrogens is 346 g/mol. The van der Waals surface area contributed by atoms with Crippen LogP contribution in [0.1, 0.15) is 75.3 Å². The molecule has 0 radical (unpaired) electrons. The minimum Gasteiger partial charge on any atom is -0.504 e. The van der Waals surface area contributed by atoms with Crippen LogP contribution < -0.4 is 4.74 Å². The first-order valence-corrected chi connectivity index (χ1v) is 11.7. The van der Waals surface area contributed by atoms with Crippen LogP contribution in [0.2, 0.25) is 0 Å². The van der Waals surface area contributed by atoms with Gasteiger partial charge in [-0.3, -0.25) is 0 Å². The summed E-state index contributed by atoms with van der Waals surface area (Å²) in [6.45, 7) is 1.16. The number of likely N-dealkylation sites (N-methyl/N-ethyl adjacent to an activating group) is 1. The molecule has 3 fully saturated rings. The molecular formula is C25H37NO2. The first kappa shape index (κ1) is 18.8. The van der Waals surface area contributed by atoms with E-state index in [4.69, 9.17) is 4.74 Å². The van der Waals surface area contributed by atoms with Crippen molar-refractivity contribution >= 4 is 0 Å². The van der Waals surface area contributed by atoms with Gasteiger partial charge in [-0.1, -0.05) is 44.6 Å². The average Bonchev–Trinajstić information content (AvgIpc) is 2.71. The molecule has 154 valence electrons. The van der Waals surface area contributed by atoms with Gasteiger partial charge in [-0.2, -0.15) is 0 Å². The van der Waals surface area contributed by atoms with Gasteiger partial charge in [0.05, 0.1) is 7.11 Å². The van der Waals surface area contributed by atoms with Crippen LogP contribution in [0.5, 0.6) is 11.5 Å². The number of likely N-dealkylation sites (tertiary alicyclic amines) is 1. The number of rotatable bonds is 3. The molecule has 28 heavy (non-hydrogen) atoms. The Bertz CT molecular complexity index is 726. The van der Waals surface area contributed by atoms with E-state index in [9.17, 15) is 5.11 Å². The summed E-state index contributed by atoms with van der Waals surface area (Å²) >= 11 is 0. The Kier molecular flexibility index (Phi) is 4.85. The molecule has 1 saturated heterocycles. The van der Waals surface area contributed by atoms with E-state index in [1.54, 1.807) is 7.11 Å². The third kappa shape index (κ3) is 2.88. The van der Waals surface area contributed by atoms with Crippen molar-refractivity contribution in [2.75, 3.05) is 20.7 Å². The summed E-state index contributed by atoms with van der Waals surface area (Å²) in [6, 6.07) is 4.86. The smallest absolute Gasteiger partial charge is 0.161 e. The molecule has 1 aromatic rings. The number of phenolic OH excluding ortho intramolecular Hbond substituents is 1. The molecule has 1 heterocycles. The second kappa shape index (κ2) is 7.23. The minimum atomic E-state index is 0.168. The highest BCUT2D eigenvalue weighted by molar-refractivity contribution is 5.56. The van der Waals surface area contributed by atoms with Crippen LogP contribution in [0, 0.1) is 17.8 Å². The van der Waals surface area contributed by atoms with Crippen LogP contribution in [0.25, 0.3) is 0 Å². The highest BCUT2D eigenvalue weighted by Gasteiger charge is 2.56. The van der Waals surface area contributed by atoms with Gasteiger partial charge in [-0.05, 0) is 75.1 Å². The van der Waals surface area contributed by atoms with Gasteiger partial charge in [0.2, 0.25) is 0 Å². The molecule has 5 rings (SSSR count). The molecule has 3 heteroatoms. The summed E-state index contributed by atoms with van der Waals surface area (Å²) in [5, 5.41) is 11.2. The van der Waals surface area contributed by atoms with Crippen molar-refractivity contribution in [2.24, 2.45) is 17.8 Å². The van der Waals surface area contributed by atoms with Gasteiger partial charge in [-0.25, -0.2) is 0 Å². The summed E-state index contributed by atoms with van der Waals surface area (Å²) in [6.07, 6.45) is 15.0. The molecule has 1 N–H and O–H groups in total. The summed E-state index contributed by atoms with van der Waals surface area (Å²) in [7, 11) is 4.00. The molecule has 3 aliphatic carbocycles. The summed E-state index contributed by atoms with van der Waals surface area (Å²) in [5.41, 5.74) is 2.82. The standard InChI is InChI=1S/C25H37NO2/c1-26-13-12-25-16-18(14-17-6-4-3-5-7-17)8-10-20(25)21(26)15-19-9-11-22(28-2)24(27)23(19)25/h9,11,17-18,20-21,27H,3-8,10,12-16H2,1-2H3/t18?,20-,21-,25-/m0/s1. The van der Waals surface area contributed by atoms with E-state index in [1.165, 1.54) is 75.3 Å². The predicted molar refractivity (Wildman–Crippen MR) is 113 cm³/mol. The number of ether oxygens (including phenoxy) is 1. The highest BCUT2D eigenvalue weighted by atomic mass is 16.5. The van der Waals surface area contributed by atoms with E-state index in [1.807, 2.05) is 6.07 Å². The van der Waals surface area contributed by atoms with Gasteiger partial charge in [0, 0.05) is 17.0 Å². The zero-order valence-corrected chi connectivity index (χ0v) is 17.8. The molecule has 0 amide bonds. The van der Waals surface area contributed by atoms with E-state index in [-0.39, 0.29) is 5.41 Å². The molecule has 1 aliphatic heterocycles. The van der Waals surface area contributed by atoms with Crippen LogP contribution in [0.15, 0.2) is 12.1 Å². The van der Waals surface area contributed by atoms with Crippen molar-refractivity contribution in [1.82, 2.24) is 4.90 Å². The first-order valence-electron chi connectivity index (χ1n) is 11.7. The molecule has 4 atom stereocenters. The van der Waals surface area contributed by atoms with Gasteiger partial charge in [0.1, 0.15) is 0 Å². The Morgan fingerprint density at radius 3 is 2.71 bits per heavy atom. The number of phenols is 1. The Balaban J connectivity index is 1.51. The van der Waals surface area contributed by atoms with E-state index in [0.29, 0.717) is 23.5 Å². The van der Waals surface area contributed by atoms with Gasteiger partial charge in [-0.15, -0.1) is 0 Å². The molecule has 0 spiro atoms. The Morgan fingerprint density at radius 1 is 1.11 bits per heavy atom. The summed E-state index contributed by atoms with van der Waals surface area (Å²) in [5.74, 6) is 3.60. The van der Waals surface area contributed by atoms with Crippen molar-refractivity contribution in [3.8, 4) is 11.5 Å². The summed E-state index contributed by atoms with van der Waals surface area (Å²) < 4.78 is 5.53. The number of piperidine rings is 1. The number of benzene rings is 1. The van der Waals surface area contributed by atoms with Crippen LogP contribution in [-0.2, 0) is 11.8 Å². The fourth-order valence-electron chi connectivity index (χ4n) is 7.69. The minimum absolute atomic E-state index is 0.168. The van der Waals surface area contributed by atoms with Crippen molar-refractivity contribution in [2.45, 2.75) is 82.1 Å². The second-order valence-electron chi connectivity index (χ2n) is 10.3. The SMILES string of the molecule is COc1ccc2c(c1O)[C@]13CCN(C)[C@@H](C2)[C@@H]1CCC(CC1CCCCC1)C3. The lowest BCUT2D eigenvalue weighted by atomic mass is 9.50. The van der Waals surface area contributed by atoms with E-state index in [2.05, 4.69) is 18.0 Å². The van der Waals surface area contributed by atoms with Crippen molar-refractivity contribution in [1.29, 1.82) is 0 Å². The number of fused-ring (bicyclic) bond motifs is 1. The molecule has 4 aliphatic rings. The highest BCUT2D eigenvalue weighted by Crippen LogP contribution is 2.60. The Labute approximate surface area is 170 Å².